The van der Waals surface area contributed by atoms with Crippen molar-refractivity contribution in [2.45, 2.75) is 13.2 Å². The van der Waals surface area contributed by atoms with E-state index < -0.39 is 18.2 Å². The largest absolute Gasteiger partial charge is 0.472 e. The molecule has 0 aliphatic heterocycles. The lowest BCUT2D eigenvalue weighted by molar-refractivity contribution is -0.0521. The second kappa shape index (κ2) is 5.77. The zero-order valence-electron chi connectivity index (χ0n) is 10.6. The van der Waals surface area contributed by atoms with Gasteiger partial charge in [-0.2, -0.15) is 8.78 Å². The minimum absolute atomic E-state index is 0.134. The summed E-state index contributed by atoms with van der Waals surface area (Å²) in [5.74, 6) is -1.47. The third-order valence-corrected chi connectivity index (χ3v) is 2.71. The van der Waals surface area contributed by atoms with E-state index in [0.29, 0.717) is 12.2 Å². The predicted octanol–water partition coefficient (Wildman–Crippen LogP) is 3.24. The van der Waals surface area contributed by atoms with E-state index in [1.165, 1.54) is 6.26 Å². The van der Waals surface area contributed by atoms with Crippen molar-refractivity contribution < 1.29 is 22.3 Å². The molecule has 0 fully saturated rings. The van der Waals surface area contributed by atoms with Crippen LogP contribution < -0.4 is 15.4 Å². The number of alkyl halides is 2. The molecule has 2 N–H and O–H groups in total. The summed E-state index contributed by atoms with van der Waals surface area (Å²) in [4.78, 5) is 1.68. The van der Waals surface area contributed by atoms with E-state index >= 15 is 0 Å². The molecule has 1 heterocycles. The van der Waals surface area contributed by atoms with Crippen LogP contribution in [0.5, 0.6) is 5.75 Å². The van der Waals surface area contributed by atoms with Crippen LogP contribution in [0.4, 0.5) is 24.5 Å². The molecule has 0 aliphatic carbocycles. The van der Waals surface area contributed by atoms with Gasteiger partial charge in [0.2, 0.25) is 0 Å². The Balaban J connectivity index is 2.25. The molecule has 0 atom stereocenters. The van der Waals surface area contributed by atoms with Crippen LogP contribution in [0.1, 0.15) is 5.56 Å². The number of rotatable bonds is 5. The fraction of sp³-hybridized carbons (Fsp3) is 0.231. The zero-order chi connectivity index (χ0) is 14.7. The molecular formula is C13H13F3N2O2. The lowest BCUT2D eigenvalue weighted by atomic mass is 10.2. The van der Waals surface area contributed by atoms with Gasteiger partial charge in [0.25, 0.3) is 0 Å². The molecular weight excluding hydrogens is 273 g/mol. The van der Waals surface area contributed by atoms with Gasteiger partial charge in [-0.15, -0.1) is 0 Å². The number of nitrogens with two attached hydrogens (primary N) is 1. The van der Waals surface area contributed by atoms with Gasteiger partial charge < -0.3 is 19.8 Å². The SMILES string of the molecule is CN(Cc1ccoc1)c1cc(OC(F)F)c(F)cc1N. The maximum absolute atomic E-state index is 13.5. The maximum atomic E-state index is 13.5. The Morgan fingerprint density at radius 1 is 1.40 bits per heavy atom. The van der Waals surface area contributed by atoms with Gasteiger partial charge in [0.15, 0.2) is 11.6 Å². The molecule has 2 rings (SSSR count). The average molecular weight is 286 g/mol. The number of benzene rings is 1. The smallest absolute Gasteiger partial charge is 0.387 e. The van der Waals surface area contributed by atoms with Crippen molar-refractivity contribution in [1.82, 2.24) is 0 Å². The summed E-state index contributed by atoms with van der Waals surface area (Å²) in [6, 6.07) is 3.86. The number of nitrogen functional groups attached to an aromatic ring is 1. The van der Waals surface area contributed by atoms with Crippen LogP contribution in [-0.2, 0) is 6.54 Å². The van der Waals surface area contributed by atoms with Crippen LogP contribution in [-0.4, -0.2) is 13.7 Å². The lowest BCUT2D eigenvalue weighted by Gasteiger charge is -2.21. The summed E-state index contributed by atoms with van der Waals surface area (Å²) in [5.41, 5.74) is 7.10. The Labute approximate surface area is 113 Å². The van der Waals surface area contributed by atoms with Gasteiger partial charge in [-0.3, -0.25) is 0 Å². The molecule has 4 nitrogen and oxygen atoms in total. The Hall–Kier alpha value is -2.31. The summed E-state index contributed by atoms with van der Waals surface area (Å²) >= 11 is 0. The van der Waals surface area contributed by atoms with Crippen molar-refractivity contribution in [3.8, 4) is 5.75 Å². The second-order valence-electron chi connectivity index (χ2n) is 4.21. The third-order valence-electron chi connectivity index (χ3n) is 2.71. The average Bonchev–Trinajstić information content (AvgIpc) is 2.84. The normalized spacial score (nSPS) is 10.8. The second-order valence-corrected chi connectivity index (χ2v) is 4.21. The third kappa shape index (κ3) is 3.17. The Bertz CT molecular complexity index is 573. The Kier molecular flexibility index (Phi) is 4.07. The van der Waals surface area contributed by atoms with E-state index in [-0.39, 0.29) is 5.69 Å². The number of ether oxygens (including phenoxy) is 1. The van der Waals surface area contributed by atoms with E-state index in [1.54, 1.807) is 24.3 Å². The minimum atomic E-state index is -3.10. The van der Waals surface area contributed by atoms with E-state index in [2.05, 4.69) is 4.74 Å². The van der Waals surface area contributed by atoms with Crippen LogP contribution in [0.25, 0.3) is 0 Å². The van der Waals surface area contributed by atoms with Gasteiger partial charge in [0.05, 0.1) is 23.9 Å². The van der Waals surface area contributed by atoms with Gasteiger partial charge >= 0.3 is 6.61 Å². The van der Waals surface area contributed by atoms with Gasteiger partial charge in [-0.1, -0.05) is 0 Å². The minimum Gasteiger partial charge on any atom is -0.472 e. The highest BCUT2D eigenvalue weighted by molar-refractivity contribution is 5.69. The predicted molar refractivity (Wildman–Crippen MR) is 68.3 cm³/mol. The molecule has 108 valence electrons. The van der Waals surface area contributed by atoms with E-state index in [0.717, 1.165) is 17.7 Å². The van der Waals surface area contributed by atoms with Crippen molar-refractivity contribution >= 4 is 11.4 Å². The van der Waals surface area contributed by atoms with Crippen LogP contribution in [0, 0.1) is 5.82 Å². The Morgan fingerprint density at radius 3 is 2.75 bits per heavy atom. The lowest BCUT2D eigenvalue weighted by Crippen LogP contribution is -2.18. The van der Waals surface area contributed by atoms with E-state index in [1.807, 2.05) is 0 Å². The molecule has 0 amide bonds. The monoisotopic (exact) mass is 286 g/mol. The fourth-order valence-electron chi connectivity index (χ4n) is 1.82. The summed E-state index contributed by atoms with van der Waals surface area (Å²) in [7, 11) is 1.70. The molecule has 1 aromatic carbocycles. The van der Waals surface area contributed by atoms with Crippen LogP contribution in [0.15, 0.2) is 35.1 Å². The summed E-state index contributed by atoms with van der Waals surface area (Å²) in [6.45, 7) is -2.67. The maximum Gasteiger partial charge on any atom is 0.387 e. The zero-order valence-corrected chi connectivity index (χ0v) is 10.6. The standard InChI is InChI=1S/C13H13F3N2O2/c1-18(6-8-2-3-19-7-8)11-5-12(20-13(15)16)9(14)4-10(11)17/h2-5,7,13H,6,17H2,1H3. The number of anilines is 2. The van der Waals surface area contributed by atoms with Gasteiger partial charge in [0.1, 0.15) is 0 Å². The molecule has 2 aromatic rings. The molecule has 0 aliphatic rings. The molecule has 0 saturated carbocycles. The molecule has 0 radical (unpaired) electrons. The van der Waals surface area contributed by atoms with Gasteiger partial charge in [-0.05, 0) is 6.07 Å². The first-order chi connectivity index (χ1) is 9.47. The van der Waals surface area contributed by atoms with E-state index in [4.69, 9.17) is 10.2 Å². The highest BCUT2D eigenvalue weighted by Crippen LogP contribution is 2.32. The molecule has 0 unspecified atom stereocenters. The number of halogens is 3. The molecule has 0 saturated heterocycles. The molecule has 1 aromatic heterocycles. The number of furan rings is 1. The molecule has 0 spiro atoms. The van der Waals surface area contributed by atoms with Crippen molar-refractivity contribution in [3.05, 3.63) is 42.1 Å². The number of nitrogens with zero attached hydrogens (tertiary/aromatic N) is 1. The van der Waals surface area contributed by atoms with Crippen molar-refractivity contribution in [2.24, 2.45) is 0 Å². The molecule has 20 heavy (non-hydrogen) atoms. The first kappa shape index (κ1) is 14.1. The van der Waals surface area contributed by atoms with Crippen molar-refractivity contribution in [2.75, 3.05) is 17.7 Å². The van der Waals surface area contributed by atoms with Crippen molar-refractivity contribution in [1.29, 1.82) is 0 Å². The first-order valence-corrected chi connectivity index (χ1v) is 5.73. The van der Waals surface area contributed by atoms with E-state index in [9.17, 15) is 13.2 Å². The number of hydrogen-bond acceptors (Lipinski definition) is 4. The molecule has 7 heteroatoms. The quantitative estimate of drug-likeness (QED) is 0.857. The molecule has 0 bridgehead atoms. The summed E-state index contributed by atoms with van der Waals surface area (Å²) in [5, 5.41) is 0. The summed E-state index contributed by atoms with van der Waals surface area (Å²) < 4.78 is 46.9. The highest BCUT2D eigenvalue weighted by Gasteiger charge is 2.15. The Morgan fingerprint density at radius 2 is 2.15 bits per heavy atom. The van der Waals surface area contributed by atoms with Crippen LogP contribution in [0.2, 0.25) is 0 Å². The highest BCUT2D eigenvalue weighted by atomic mass is 19.3. The van der Waals surface area contributed by atoms with Crippen LogP contribution >= 0.6 is 0 Å². The van der Waals surface area contributed by atoms with Gasteiger partial charge in [0, 0.05) is 31.3 Å². The van der Waals surface area contributed by atoms with Gasteiger partial charge in [-0.25, -0.2) is 4.39 Å². The number of hydrogen-bond donors (Lipinski definition) is 1. The van der Waals surface area contributed by atoms with Crippen molar-refractivity contribution in [3.63, 3.8) is 0 Å². The first-order valence-electron chi connectivity index (χ1n) is 5.73. The topological polar surface area (TPSA) is 51.6 Å². The fourth-order valence-corrected chi connectivity index (χ4v) is 1.82. The summed E-state index contributed by atoms with van der Waals surface area (Å²) in [6.07, 6.45) is 3.06. The van der Waals surface area contributed by atoms with Crippen LogP contribution in [0.3, 0.4) is 0 Å².